The summed E-state index contributed by atoms with van der Waals surface area (Å²) in [4.78, 5) is 22.1. The molecule has 3 aromatic carbocycles. The number of hydrogen-bond donors (Lipinski definition) is 0. The summed E-state index contributed by atoms with van der Waals surface area (Å²) in [6, 6.07) is 24.7. The highest BCUT2D eigenvalue weighted by Gasteiger charge is 2.23. The van der Waals surface area contributed by atoms with Gasteiger partial charge in [0.1, 0.15) is 18.2 Å². The molecule has 0 aliphatic carbocycles. The van der Waals surface area contributed by atoms with Gasteiger partial charge in [-0.2, -0.15) is 0 Å². The van der Waals surface area contributed by atoms with Gasteiger partial charge in [0.05, 0.1) is 11.0 Å². The highest BCUT2D eigenvalue weighted by Crippen LogP contribution is 2.20. The first-order valence-corrected chi connectivity index (χ1v) is 10.9. The smallest absolute Gasteiger partial charge is 0.242 e. The minimum atomic E-state index is -0.235. The van der Waals surface area contributed by atoms with Crippen LogP contribution in [0.15, 0.2) is 78.9 Å². The molecule has 0 bridgehead atoms. The second kappa shape index (κ2) is 8.83. The van der Waals surface area contributed by atoms with Crippen molar-refractivity contribution >= 4 is 22.6 Å². The number of benzene rings is 3. The standard InChI is InChI=1S/C26H25FN4O/c27-21-10-12-22(13-11-21)29-14-16-30(17-15-29)26(32)19-31-24-9-5-4-8-23(24)28-25(31)18-20-6-2-1-3-7-20/h1-13H,14-19H2. The Morgan fingerprint density at radius 3 is 2.28 bits per heavy atom. The maximum absolute atomic E-state index is 13.2. The minimum Gasteiger partial charge on any atom is -0.368 e. The number of carbonyl (C=O) groups excluding carboxylic acids is 1. The van der Waals surface area contributed by atoms with Crippen LogP contribution in [0.3, 0.4) is 0 Å². The van der Waals surface area contributed by atoms with Crippen LogP contribution in [0.25, 0.3) is 11.0 Å². The predicted octanol–water partition coefficient (Wildman–Crippen LogP) is 4.12. The van der Waals surface area contributed by atoms with E-state index in [0.29, 0.717) is 19.5 Å². The van der Waals surface area contributed by atoms with Gasteiger partial charge in [-0.15, -0.1) is 0 Å². The number of amides is 1. The van der Waals surface area contributed by atoms with E-state index in [2.05, 4.69) is 21.6 Å². The van der Waals surface area contributed by atoms with Crippen LogP contribution in [0, 0.1) is 5.82 Å². The number of piperazine rings is 1. The van der Waals surface area contributed by atoms with E-state index in [4.69, 9.17) is 4.98 Å². The van der Waals surface area contributed by atoms with Gasteiger partial charge in [-0.25, -0.2) is 9.37 Å². The fraction of sp³-hybridized carbons (Fsp3) is 0.231. The summed E-state index contributed by atoms with van der Waals surface area (Å²) in [7, 11) is 0. The molecule has 0 spiro atoms. The molecule has 1 fully saturated rings. The number of aromatic nitrogens is 2. The third kappa shape index (κ3) is 4.21. The number of anilines is 1. The average molecular weight is 429 g/mol. The van der Waals surface area contributed by atoms with Crippen LogP contribution < -0.4 is 4.90 Å². The molecule has 1 aromatic heterocycles. The second-order valence-corrected chi connectivity index (χ2v) is 8.11. The van der Waals surface area contributed by atoms with E-state index in [-0.39, 0.29) is 18.3 Å². The Morgan fingerprint density at radius 2 is 1.53 bits per heavy atom. The van der Waals surface area contributed by atoms with Crippen molar-refractivity contribution in [3.63, 3.8) is 0 Å². The first-order valence-electron chi connectivity index (χ1n) is 10.9. The van der Waals surface area contributed by atoms with Crippen molar-refractivity contribution in [2.45, 2.75) is 13.0 Å². The van der Waals surface area contributed by atoms with Crippen molar-refractivity contribution in [1.82, 2.24) is 14.5 Å². The topological polar surface area (TPSA) is 41.4 Å². The lowest BCUT2D eigenvalue weighted by atomic mass is 10.1. The Balaban J connectivity index is 1.31. The summed E-state index contributed by atoms with van der Waals surface area (Å²) in [5.41, 5.74) is 4.05. The number of para-hydroxylation sites is 2. The van der Waals surface area contributed by atoms with Crippen LogP contribution in [0.4, 0.5) is 10.1 Å². The molecular weight excluding hydrogens is 403 g/mol. The number of carbonyl (C=O) groups is 1. The fourth-order valence-corrected chi connectivity index (χ4v) is 4.32. The number of fused-ring (bicyclic) bond motifs is 1. The lowest BCUT2D eigenvalue weighted by Gasteiger charge is -2.36. The molecule has 1 amide bonds. The van der Waals surface area contributed by atoms with E-state index in [9.17, 15) is 9.18 Å². The van der Waals surface area contributed by atoms with Crippen molar-refractivity contribution in [2.75, 3.05) is 31.1 Å². The van der Waals surface area contributed by atoms with E-state index in [1.807, 2.05) is 47.4 Å². The number of imidazole rings is 1. The molecule has 1 aliphatic rings. The average Bonchev–Trinajstić information content (AvgIpc) is 3.17. The maximum Gasteiger partial charge on any atom is 0.242 e. The second-order valence-electron chi connectivity index (χ2n) is 8.11. The Labute approximate surface area is 186 Å². The third-order valence-electron chi connectivity index (χ3n) is 6.06. The van der Waals surface area contributed by atoms with E-state index < -0.39 is 0 Å². The number of hydrogen-bond acceptors (Lipinski definition) is 3. The third-order valence-corrected chi connectivity index (χ3v) is 6.06. The molecule has 1 aliphatic heterocycles. The van der Waals surface area contributed by atoms with Crippen LogP contribution in [-0.2, 0) is 17.8 Å². The zero-order valence-corrected chi connectivity index (χ0v) is 17.8. The van der Waals surface area contributed by atoms with Gasteiger partial charge >= 0.3 is 0 Å². The molecular formula is C26H25FN4O. The Morgan fingerprint density at radius 1 is 0.844 bits per heavy atom. The molecule has 1 saturated heterocycles. The molecule has 2 heterocycles. The van der Waals surface area contributed by atoms with Gasteiger partial charge in [-0.05, 0) is 42.0 Å². The monoisotopic (exact) mass is 428 g/mol. The van der Waals surface area contributed by atoms with Gasteiger partial charge in [0.25, 0.3) is 0 Å². The quantitative estimate of drug-likeness (QED) is 0.480. The van der Waals surface area contributed by atoms with Gasteiger partial charge in [0, 0.05) is 38.3 Å². The first-order chi connectivity index (χ1) is 15.7. The molecule has 6 heteroatoms. The Hall–Kier alpha value is -3.67. The molecule has 5 nitrogen and oxygen atoms in total. The normalized spacial score (nSPS) is 14.2. The van der Waals surface area contributed by atoms with Crippen molar-refractivity contribution < 1.29 is 9.18 Å². The van der Waals surface area contributed by atoms with Crippen LogP contribution in [0.1, 0.15) is 11.4 Å². The highest BCUT2D eigenvalue weighted by molar-refractivity contribution is 5.81. The fourth-order valence-electron chi connectivity index (χ4n) is 4.32. The summed E-state index contributed by atoms with van der Waals surface area (Å²) in [6.07, 6.45) is 0.682. The SMILES string of the molecule is O=C(Cn1c(Cc2ccccc2)nc2ccccc21)N1CCN(c2ccc(F)cc2)CC1. The minimum absolute atomic E-state index is 0.0984. The molecule has 162 valence electrons. The lowest BCUT2D eigenvalue weighted by Crippen LogP contribution is -2.49. The number of nitrogens with zero attached hydrogens (tertiary/aromatic N) is 4. The van der Waals surface area contributed by atoms with Gasteiger partial charge < -0.3 is 14.4 Å². The van der Waals surface area contributed by atoms with Crippen LogP contribution in [-0.4, -0.2) is 46.5 Å². The van der Waals surface area contributed by atoms with Crippen molar-refractivity contribution in [3.05, 3.63) is 96.1 Å². The predicted molar refractivity (Wildman–Crippen MR) is 124 cm³/mol. The van der Waals surface area contributed by atoms with E-state index in [1.165, 1.54) is 17.7 Å². The maximum atomic E-state index is 13.2. The summed E-state index contributed by atoms with van der Waals surface area (Å²) < 4.78 is 15.3. The lowest BCUT2D eigenvalue weighted by molar-refractivity contribution is -0.132. The summed E-state index contributed by atoms with van der Waals surface area (Å²) in [5, 5.41) is 0. The Bertz CT molecular complexity index is 1210. The molecule has 0 N–H and O–H groups in total. The van der Waals surface area contributed by atoms with Crippen molar-refractivity contribution in [1.29, 1.82) is 0 Å². The van der Waals surface area contributed by atoms with Gasteiger partial charge in [0.15, 0.2) is 0 Å². The zero-order valence-electron chi connectivity index (χ0n) is 17.8. The van der Waals surface area contributed by atoms with Gasteiger partial charge in [-0.1, -0.05) is 42.5 Å². The Kier molecular flexibility index (Phi) is 5.58. The van der Waals surface area contributed by atoms with Crippen molar-refractivity contribution in [3.8, 4) is 0 Å². The highest BCUT2D eigenvalue weighted by atomic mass is 19.1. The number of halogens is 1. The molecule has 0 atom stereocenters. The summed E-state index contributed by atoms with van der Waals surface area (Å²) in [5.74, 6) is 0.762. The molecule has 0 unspecified atom stereocenters. The molecule has 4 aromatic rings. The van der Waals surface area contributed by atoms with Crippen molar-refractivity contribution in [2.24, 2.45) is 0 Å². The van der Waals surface area contributed by atoms with E-state index >= 15 is 0 Å². The summed E-state index contributed by atoms with van der Waals surface area (Å²) >= 11 is 0. The molecule has 0 radical (unpaired) electrons. The summed E-state index contributed by atoms with van der Waals surface area (Å²) in [6.45, 7) is 3.05. The molecule has 5 rings (SSSR count). The zero-order chi connectivity index (χ0) is 21.9. The molecule has 0 saturated carbocycles. The largest absolute Gasteiger partial charge is 0.368 e. The first kappa shape index (κ1) is 20.2. The molecule has 32 heavy (non-hydrogen) atoms. The van der Waals surface area contributed by atoms with E-state index in [0.717, 1.165) is 35.6 Å². The van der Waals surface area contributed by atoms with Crippen LogP contribution in [0.2, 0.25) is 0 Å². The van der Waals surface area contributed by atoms with Gasteiger partial charge in [-0.3, -0.25) is 4.79 Å². The van der Waals surface area contributed by atoms with Crippen LogP contribution >= 0.6 is 0 Å². The van der Waals surface area contributed by atoms with Gasteiger partial charge in [0.2, 0.25) is 5.91 Å². The van der Waals surface area contributed by atoms with Crippen LogP contribution in [0.5, 0.6) is 0 Å². The van der Waals surface area contributed by atoms with E-state index in [1.54, 1.807) is 12.1 Å². The number of rotatable bonds is 5.